The van der Waals surface area contributed by atoms with Crippen LogP contribution in [-0.4, -0.2) is 38.7 Å². The van der Waals surface area contributed by atoms with Crippen LogP contribution in [0.3, 0.4) is 0 Å². The van der Waals surface area contributed by atoms with Crippen molar-refractivity contribution < 1.29 is 18.8 Å². The van der Waals surface area contributed by atoms with Crippen LogP contribution in [0.1, 0.15) is 25.2 Å². The Morgan fingerprint density at radius 2 is 2.33 bits per heavy atom. The summed E-state index contributed by atoms with van der Waals surface area (Å²) >= 11 is 0. The van der Waals surface area contributed by atoms with Crippen LogP contribution in [0.4, 0.5) is 0 Å². The highest BCUT2D eigenvalue weighted by atomic mass is 35.5. The van der Waals surface area contributed by atoms with Crippen molar-refractivity contribution >= 4 is 18.4 Å². The molecule has 2 aromatic heterocycles. The average Bonchev–Trinajstić information content (AvgIpc) is 3.09. The molecule has 0 bridgehead atoms. The maximum Gasteiger partial charge on any atom is 0.320 e. The van der Waals surface area contributed by atoms with E-state index in [1.54, 1.807) is 12.1 Å². The lowest BCUT2D eigenvalue weighted by molar-refractivity contribution is -0.145. The molecule has 2 aromatic rings. The Morgan fingerprint density at radius 1 is 1.48 bits per heavy atom. The van der Waals surface area contributed by atoms with E-state index in [0.29, 0.717) is 30.4 Å². The topological polar surface area (TPSA) is 92.6 Å². The van der Waals surface area contributed by atoms with E-state index < -0.39 is 12.0 Å². The number of hydrogen-bond donors (Lipinski definition) is 1. The lowest BCUT2D eigenvalue weighted by atomic mass is 10.0. The van der Waals surface area contributed by atoms with Gasteiger partial charge in [-0.15, -0.1) is 12.4 Å². The Morgan fingerprint density at radius 3 is 3.05 bits per heavy atom. The van der Waals surface area contributed by atoms with Crippen molar-refractivity contribution in [1.29, 1.82) is 0 Å². The van der Waals surface area contributed by atoms with Gasteiger partial charge in [-0.2, -0.15) is 4.98 Å². The molecule has 1 aliphatic heterocycles. The zero-order chi connectivity index (χ0) is 13.9. The Bertz CT molecular complexity index is 584. The molecule has 8 heteroatoms. The second-order valence-electron chi connectivity index (χ2n) is 4.81. The van der Waals surface area contributed by atoms with Crippen LogP contribution in [0.25, 0.3) is 11.6 Å². The molecule has 3 rings (SSSR count). The fraction of sp³-hybridized carbons (Fsp3) is 0.462. The number of nitrogens with zero attached hydrogens (tertiary/aromatic N) is 3. The first kappa shape index (κ1) is 15.5. The Hall–Kier alpha value is -1.86. The number of carbonyl (C=O) groups is 1. The minimum absolute atomic E-state index is 0. The zero-order valence-corrected chi connectivity index (χ0v) is 12.1. The van der Waals surface area contributed by atoms with E-state index in [-0.39, 0.29) is 12.4 Å². The van der Waals surface area contributed by atoms with Crippen molar-refractivity contribution in [2.24, 2.45) is 0 Å². The molecule has 0 aromatic carbocycles. The van der Waals surface area contributed by atoms with Gasteiger partial charge in [-0.3, -0.25) is 9.69 Å². The molecule has 1 aliphatic rings. The standard InChI is InChI=1S/C13H15N3O4.ClH/c17-13(18)9-4-1-2-6-16(9)8-11-14-12(15-20-11)10-5-3-7-19-10;/h3,5,7,9H,1-2,4,6,8H2,(H,17,18);1H. The summed E-state index contributed by atoms with van der Waals surface area (Å²) in [7, 11) is 0. The number of piperidine rings is 1. The van der Waals surface area contributed by atoms with Gasteiger partial charge in [-0.05, 0) is 31.5 Å². The van der Waals surface area contributed by atoms with E-state index >= 15 is 0 Å². The fourth-order valence-electron chi connectivity index (χ4n) is 2.46. The van der Waals surface area contributed by atoms with Gasteiger partial charge in [0.15, 0.2) is 5.76 Å². The molecule has 1 unspecified atom stereocenters. The molecule has 0 aliphatic carbocycles. The minimum atomic E-state index is -0.796. The van der Waals surface area contributed by atoms with Crippen LogP contribution >= 0.6 is 12.4 Å². The molecule has 0 amide bonds. The molecule has 0 radical (unpaired) electrons. The highest BCUT2D eigenvalue weighted by Gasteiger charge is 2.29. The lowest BCUT2D eigenvalue weighted by Crippen LogP contribution is -2.44. The molecular formula is C13H16ClN3O4. The number of halogens is 1. The van der Waals surface area contributed by atoms with Crippen molar-refractivity contribution in [2.75, 3.05) is 6.54 Å². The number of hydrogen-bond acceptors (Lipinski definition) is 6. The average molecular weight is 314 g/mol. The summed E-state index contributed by atoms with van der Waals surface area (Å²) in [5.74, 6) is 0.530. The van der Waals surface area contributed by atoms with E-state index in [9.17, 15) is 9.90 Å². The number of carboxylic acid groups (broad SMARTS) is 1. The van der Waals surface area contributed by atoms with E-state index in [0.717, 1.165) is 19.4 Å². The van der Waals surface area contributed by atoms with E-state index in [4.69, 9.17) is 8.94 Å². The zero-order valence-electron chi connectivity index (χ0n) is 11.3. The largest absolute Gasteiger partial charge is 0.480 e. The maximum atomic E-state index is 11.2. The summed E-state index contributed by atoms with van der Waals surface area (Å²) in [5.41, 5.74) is 0. The Balaban J connectivity index is 0.00000161. The molecule has 114 valence electrons. The molecule has 0 saturated carbocycles. The van der Waals surface area contributed by atoms with Gasteiger partial charge in [0.2, 0.25) is 11.7 Å². The number of likely N-dealkylation sites (tertiary alicyclic amines) is 1. The summed E-state index contributed by atoms with van der Waals surface area (Å²) in [6.07, 6.45) is 4.13. The highest BCUT2D eigenvalue weighted by Crippen LogP contribution is 2.21. The molecule has 1 fully saturated rings. The molecule has 3 heterocycles. The van der Waals surface area contributed by atoms with Gasteiger partial charge < -0.3 is 14.0 Å². The van der Waals surface area contributed by atoms with Gasteiger partial charge in [0.05, 0.1) is 12.8 Å². The van der Waals surface area contributed by atoms with Gasteiger partial charge in [-0.1, -0.05) is 11.6 Å². The molecule has 1 atom stereocenters. The molecule has 21 heavy (non-hydrogen) atoms. The normalized spacial score (nSPS) is 19.1. The van der Waals surface area contributed by atoms with E-state index in [1.807, 2.05) is 4.90 Å². The van der Waals surface area contributed by atoms with Gasteiger partial charge in [0, 0.05) is 0 Å². The van der Waals surface area contributed by atoms with Crippen LogP contribution < -0.4 is 0 Å². The van der Waals surface area contributed by atoms with E-state index in [2.05, 4.69) is 10.1 Å². The first-order valence-electron chi connectivity index (χ1n) is 6.57. The van der Waals surface area contributed by atoms with Gasteiger partial charge >= 0.3 is 5.97 Å². The van der Waals surface area contributed by atoms with Crippen LogP contribution in [0, 0.1) is 0 Å². The third kappa shape index (κ3) is 3.43. The molecule has 1 saturated heterocycles. The van der Waals surface area contributed by atoms with Crippen molar-refractivity contribution in [2.45, 2.75) is 31.8 Å². The monoisotopic (exact) mass is 313 g/mol. The van der Waals surface area contributed by atoms with Crippen LogP contribution in [0.2, 0.25) is 0 Å². The Kier molecular flexibility index (Phi) is 4.98. The number of aliphatic carboxylic acids is 1. The minimum Gasteiger partial charge on any atom is -0.480 e. The second kappa shape index (κ2) is 6.73. The quantitative estimate of drug-likeness (QED) is 0.924. The van der Waals surface area contributed by atoms with E-state index in [1.165, 1.54) is 6.26 Å². The van der Waals surface area contributed by atoms with Crippen LogP contribution in [0.15, 0.2) is 27.3 Å². The predicted octanol–water partition coefficient (Wildman–Crippen LogP) is 2.19. The van der Waals surface area contributed by atoms with Crippen molar-refractivity contribution in [3.63, 3.8) is 0 Å². The third-order valence-corrected chi connectivity index (χ3v) is 3.45. The molecule has 1 N–H and O–H groups in total. The van der Waals surface area contributed by atoms with Gasteiger partial charge in [-0.25, -0.2) is 0 Å². The highest BCUT2D eigenvalue weighted by molar-refractivity contribution is 5.85. The SMILES string of the molecule is Cl.O=C(O)C1CCCCN1Cc1nc(-c2ccco2)no1. The predicted molar refractivity (Wildman–Crippen MR) is 74.9 cm³/mol. The summed E-state index contributed by atoms with van der Waals surface area (Å²) < 4.78 is 10.4. The summed E-state index contributed by atoms with van der Waals surface area (Å²) in [5, 5.41) is 13.1. The fourth-order valence-corrected chi connectivity index (χ4v) is 2.46. The number of furan rings is 1. The van der Waals surface area contributed by atoms with Gasteiger partial charge in [0.1, 0.15) is 6.04 Å². The molecule has 7 nitrogen and oxygen atoms in total. The van der Waals surface area contributed by atoms with Gasteiger partial charge in [0.25, 0.3) is 0 Å². The summed E-state index contributed by atoms with van der Waals surface area (Å²) in [6, 6.07) is 3.02. The van der Waals surface area contributed by atoms with Crippen LogP contribution in [-0.2, 0) is 11.3 Å². The maximum absolute atomic E-state index is 11.2. The number of carboxylic acids is 1. The van der Waals surface area contributed by atoms with Crippen LogP contribution in [0.5, 0.6) is 0 Å². The number of rotatable bonds is 4. The Labute approximate surface area is 127 Å². The number of aromatic nitrogens is 2. The first-order valence-corrected chi connectivity index (χ1v) is 6.57. The third-order valence-electron chi connectivity index (χ3n) is 3.45. The molecular weight excluding hydrogens is 298 g/mol. The smallest absolute Gasteiger partial charge is 0.320 e. The lowest BCUT2D eigenvalue weighted by Gasteiger charge is -2.31. The van der Waals surface area contributed by atoms with Crippen molar-refractivity contribution in [3.8, 4) is 11.6 Å². The van der Waals surface area contributed by atoms with Crippen molar-refractivity contribution in [1.82, 2.24) is 15.0 Å². The first-order chi connectivity index (χ1) is 9.74. The summed E-state index contributed by atoms with van der Waals surface area (Å²) in [4.78, 5) is 17.3. The molecule has 0 spiro atoms. The summed E-state index contributed by atoms with van der Waals surface area (Å²) in [6.45, 7) is 1.08. The van der Waals surface area contributed by atoms with Crippen molar-refractivity contribution in [3.05, 3.63) is 24.3 Å². The second-order valence-corrected chi connectivity index (χ2v) is 4.81.